The number of benzene rings is 2. The third-order valence-electron chi connectivity index (χ3n) is 3.62. The van der Waals surface area contributed by atoms with E-state index >= 15 is 0 Å². The molecule has 0 aliphatic carbocycles. The topological polar surface area (TPSA) is 54.5 Å². The fourth-order valence-corrected chi connectivity index (χ4v) is 4.01. The number of rotatable bonds is 5. The molecule has 1 amide bonds. The maximum Gasteiger partial charge on any atom is 0.254 e. The highest BCUT2D eigenvalue weighted by molar-refractivity contribution is 9.10. The van der Waals surface area contributed by atoms with Crippen LogP contribution in [-0.4, -0.2) is 32.0 Å². The zero-order chi connectivity index (χ0) is 18.8. The van der Waals surface area contributed by atoms with Crippen LogP contribution >= 0.6 is 27.5 Å². The quantitative estimate of drug-likeness (QED) is 0.685. The van der Waals surface area contributed by atoms with Crippen LogP contribution in [0.5, 0.6) is 0 Å². The number of carbonyl (C=O) groups excluding carboxylic acids is 1. The van der Waals surface area contributed by atoms with Gasteiger partial charge in [0.2, 0.25) is 0 Å². The molecule has 0 saturated heterocycles. The molecule has 0 heterocycles. The van der Waals surface area contributed by atoms with Gasteiger partial charge in [-0.15, -0.1) is 0 Å². The Morgan fingerprint density at radius 2 is 1.92 bits per heavy atom. The average molecular weight is 449 g/mol. The van der Waals surface area contributed by atoms with Gasteiger partial charge in [-0.25, -0.2) is 12.8 Å². The molecule has 2 rings (SSSR count). The van der Waals surface area contributed by atoms with Crippen molar-refractivity contribution < 1.29 is 17.6 Å². The van der Waals surface area contributed by atoms with Crippen LogP contribution in [-0.2, 0) is 16.4 Å². The predicted octanol–water partition coefficient (Wildman–Crippen LogP) is 4.31. The van der Waals surface area contributed by atoms with Gasteiger partial charge < -0.3 is 4.90 Å². The summed E-state index contributed by atoms with van der Waals surface area (Å²) in [6, 6.07) is 8.59. The third-order valence-corrected chi connectivity index (χ3v) is 5.69. The van der Waals surface area contributed by atoms with Crippen LogP contribution in [0.2, 0.25) is 5.02 Å². The van der Waals surface area contributed by atoms with E-state index in [2.05, 4.69) is 15.9 Å². The second-order valence-electron chi connectivity index (χ2n) is 5.47. The molecule has 0 aromatic heterocycles. The second kappa shape index (κ2) is 7.85. The highest BCUT2D eigenvalue weighted by Crippen LogP contribution is 2.24. The maximum atomic E-state index is 13.9. The summed E-state index contributed by atoms with van der Waals surface area (Å²) < 4.78 is 38.2. The SMILES string of the molecule is CCN(Cc1cc(Br)ccc1F)C(=O)c1ccc(Cl)c(S(C)(=O)=O)c1. The molecule has 8 heteroatoms. The van der Waals surface area contributed by atoms with E-state index in [1.54, 1.807) is 19.1 Å². The molecule has 0 radical (unpaired) electrons. The van der Waals surface area contributed by atoms with Gasteiger partial charge in [0.05, 0.1) is 9.92 Å². The minimum atomic E-state index is -3.56. The highest BCUT2D eigenvalue weighted by Gasteiger charge is 2.20. The molecule has 0 N–H and O–H groups in total. The van der Waals surface area contributed by atoms with Crippen molar-refractivity contribution in [2.75, 3.05) is 12.8 Å². The number of hydrogen-bond acceptors (Lipinski definition) is 3. The summed E-state index contributed by atoms with van der Waals surface area (Å²) in [5.41, 5.74) is 0.545. The normalized spacial score (nSPS) is 11.4. The van der Waals surface area contributed by atoms with Gasteiger partial charge in [-0.1, -0.05) is 27.5 Å². The van der Waals surface area contributed by atoms with E-state index in [4.69, 9.17) is 11.6 Å². The van der Waals surface area contributed by atoms with E-state index in [1.807, 2.05) is 0 Å². The molecule has 0 unspecified atom stereocenters. The lowest BCUT2D eigenvalue weighted by Crippen LogP contribution is -2.30. The fourth-order valence-electron chi connectivity index (χ4n) is 2.30. The van der Waals surface area contributed by atoms with Crippen molar-refractivity contribution in [2.24, 2.45) is 0 Å². The minimum absolute atomic E-state index is 0.0557. The molecule has 0 spiro atoms. The standard InChI is InChI=1S/C17H16BrClFNO3S/c1-3-21(10-12-8-13(18)5-7-15(12)20)17(22)11-4-6-14(19)16(9-11)25(2,23)24/h4-9H,3,10H2,1-2H3. The average Bonchev–Trinajstić information content (AvgIpc) is 2.54. The Morgan fingerprint density at radius 3 is 2.52 bits per heavy atom. The summed E-state index contributed by atoms with van der Waals surface area (Å²) in [6.45, 7) is 2.17. The van der Waals surface area contributed by atoms with Gasteiger partial charge >= 0.3 is 0 Å². The molecule has 25 heavy (non-hydrogen) atoms. The molecular formula is C17H16BrClFNO3S. The van der Waals surface area contributed by atoms with Crippen molar-refractivity contribution >= 4 is 43.3 Å². The van der Waals surface area contributed by atoms with E-state index in [9.17, 15) is 17.6 Å². The van der Waals surface area contributed by atoms with E-state index in [0.29, 0.717) is 16.6 Å². The van der Waals surface area contributed by atoms with Crippen LogP contribution in [0, 0.1) is 5.82 Å². The molecule has 0 aliphatic heterocycles. The summed E-state index contributed by atoms with van der Waals surface area (Å²) in [7, 11) is -3.56. The van der Waals surface area contributed by atoms with Crippen LogP contribution in [0.15, 0.2) is 45.8 Å². The zero-order valence-electron chi connectivity index (χ0n) is 13.6. The number of nitrogens with zero attached hydrogens (tertiary/aromatic N) is 1. The lowest BCUT2D eigenvalue weighted by atomic mass is 10.1. The van der Waals surface area contributed by atoms with Crippen molar-refractivity contribution in [2.45, 2.75) is 18.4 Å². The van der Waals surface area contributed by atoms with Crippen LogP contribution in [0.25, 0.3) is 0 Å². The largest absolute Gasteiger partial charge is 0.334 e. The van der Waals surface area contributed by atoms with Crippen molar-refractivity contribution in [3.63, 3.8) is 0 Å². The van der Waals surface area contributed by atoms with Crippen molar-refractivity contribution in [3.05, 3.63) is 62.8 Å². The van der Waals surface area contributed by atoms with Gasteiger partial charge in [0.1, 0.15) is 5.82 Å². The monoisotopic (exact) mass is 447 g/mol. The smallest absolute Gasteiger partial charge is 0.254 e. The van der Waals surface area contributed by atoms with Crippen molar-refractivity contribution in [3.8, 4) is 0 Å². The third kappa shape index (κ3) is 4.80. The van der Waals surface area contributed by atoms with Gasteiger partial charge in [-0.2, -0.15) is 0 Å². The second-order valence-corrected chi connectivity index (χ2v) is 8.78. The van der Waals surface area contributed by atoms with Crippen LogP contribution in [0.4, 0.5) is 4.39 Å². The first-order valence-corrected chi connectivity index (χ1v) is 10.4. The highest BCUT2D eigenvalue weighted by atomic mass is 79.9. The molecular weight excluding hydrogens is 433 g/mol. The maximum absolute atomic E-state index is 13.9. The number of hydrogen-bond donors (Lipinski definition) is 0. The van der Waals surface area contributed by atoms with E-state index in [0.717, 1.165) is 6.26 Å². The Hall–Kier alpha value is -1.44. The summed E-state index contributed by atoms with van der Waals surface area (Å²) in [5, 5.41) is 0.0557. The number of sulfone groups is 1. The van der Waals surface area contributed by atoms with Crippen molar-refractivity contribution in [1.29, 1.82) is 0 Å². The summed E-state index contributed by atoms with van der Waals surface area (Å²) >= 11 is 9.19. The Balaban J connectivity index is 2.36. The number of carbonyl (C=O) groups is 1. The Labute approximate surface area is 159 Å². The molecule has 0 saturated carbocycles. The molecule has 0 aliphatic rings. The Morgan fingerprint density at radius 1 is 1.24 bits per heavy atom. The Bertz CT molecular complexity index is 918. The molecule has 0 bridgehead atoms. The van der Waals surface area contributed by atoms with Gasteiger partial charge in [-0.3, -0.25) is 4.79 Å². The molecule has 0 atom stereocenters. The summed E-state index contributed by atoms with van der Waals surface area (Å²) in [5.74, 6) is -0.814. The van der Waals surface area contributed by atoms with Crippen LogP contribution in [0.1, 0.15) is 22.8 Å². The first kappa shape index (κ1) is 19.9. The first-order chi connectivity index (χ1) is 11.6. The lowest BCUT2D eigenvalue weighted by molar-refractivity contribution is 0.0751. The first-order valence-electron chi connectivity index (χ1n) is 7.36. The fraction of sp³-hybridized carbons (Fsp3) is 0.235. The molecule has 0 fully saturated rings. The van der Waals surface area contributed by atoms with Crippen molar-refractivity contribution in [1.82, 2.24) is 4.90 Å². The zero-order valence-corrected chi connectivity index (χ0v) is 16.8. The summed E-state index contributed by atoms with van der Waals surface area (Å²) in [6.07, 6.45) is 1.02. The van der Waals surface area contributed by atoms with Crippen LogP contribution in [0.3, 0.4) is 0 Å². The van der Waals surface area contributed by atoms with Gasteiger partial charge in [0.15, 0.2) is 9.84 Å². The molecule has 2 aromatic rings. The lowest BCUT2D eigenvalue weighted by Gasteiger charge is -2.22. The minimum Gasteiger partial charge on any atom is -0.334 e. The molecule has 134 valence electrons. The Kier molecular flexibility index (Phi) is 6.24. The van der Waals surface area contributed by atoms with Crippen LogP contribution < -0.4 is 0 Å². The van der Waals surface area contributed by atoms with E-state index in [1.165, 1.54) is 29.2 Å². The van der Waals surface area contributed by atoms with Gasteiger partial charge in [0, 0.05) is 34.9 Å². The van der Waals surface area contributed by atoms with E-state index < -0.39 is 21.6 Å². The van der Waals surface area contributed by atoms with Gasteiger partial charge in [-0.05, 0) is 43.3 Å². The summed E-state index contributed by atoms with van der Waals surface area (Å²) in [4.78, 5) is 14.0. The predicted molar refractivity (Wildman–Crippen MR) is 99.1 cm³/mol. The number of amides is 1. The van der Waals surface area contributed by atoms with Gasteiger partial charge in [0.25, 0.3) is 5.91 Å². The number of halogens is 3. The molecule has 2 aromatic carbocycles. The van der Waals surface area contributed by atoms with E-state index in [-0.39, 0.29) is 22.0 Å². The molecule has 4 nitrogen and oxygen atoms in total.